The fraction of sp³-hybridized carbons (Fsp3) is 0.800. The van der Waals surface area contributed by atoms with Gasteiger partial charge < -0.3 is 15.3 Å². The molecule has 0 saturated carbocycles. The van der Waals surface area contributed by atoms with Gasteiger partial charge >= 0.3 is 5.97 Å². The molecule has 7 nitrogen and oxygen atoms in total. The highest BCUT2D eigenvalue weighted by Crippen LogP contribution is 2.16. The predicted molar refractivity (Wildman–Crippen MR) is 80.3 cm³/mol. The lowest BCUT2D eigenvalue weighted by atomic mass is 10.1. The second kappa shape index (κ2) is 7.58. The first kappa shape index (κ1) is 16.7. The minimum Gasteiger partial charge on any atom is -0.480 e. The summed E-state index contributed by atoms with van der Waals surface area (Å²) in [5.41, 5.74) is 0. The van der Waals surface area contributed by atoms with Crippen LogP contribution in [-0.4, -0.2) is 71.0 Å². The van der Waals surface area contributed by atoms with Crippen LogP contribution in [0.25, 0.3) is 0 Å². The standard InChI is InChI=1S/C15H25N3O4/c1-11(14(20)17-7-3-2-4-8-17)16-13(19)10-18-9-5-6-12(18)15(21)22/h11-12H,2-10H2,1H3,(H,16,19)(H,21,22)/t11?,12-/m0/s1. The van der Waals surface area contributed by atoms with E-state index < -0.39 is 18.1 Å². The Morgan fingerprint density at radius 2 is 1.82 bits per heavy atom. The molecule has 0 spiro atoms. The maximum atomic E-state index is 12.2. The zero-order valence-corrected chi connectivity index (χ0v) is 13.1. The van der Waals surface area contributed by atoms with E-state index in [1.165, 1.54) is 0 Å². The van der Waals surface area contributed by atoms with E-state index in [-0.39, 0.29) is 18.4 Å². The van der Waals surface area contributed by atoms with Gasteiger partial charge in [0.25, 0.3) is 0 Å². The number of hydrogen-bond donors (Lipinski definition) is 2. The van der Waals surface area contributed by atoms with Crippen molar-refractivity contribution in [3.8, 4) is 0 Å². The molecule has 2 atom stereocenters. The molecule has 0 aromatic rings. The summed E-state index contributed by atoms with van der Waals surface area (Å²) in [7, 11) is 0. The third-order valence-corrected chi connectivity index (χ3v) is 4.41. The average Bonchev–Trinajstić information content (AvgIpc) is 2.95. The van der Waals surface area contributed by atoms with E-state index in [2.05, 4.69) is 5.32 Å². The van der Waals surface area contributed by atoms with Gasteiger partial charge in [-0.2, -0.15) is 0 Å². The van der Waals surface area contributed by atoms with Gasteiger partial charge in [0.05, 0.1) is 6.54 Å². The highest BCUT2D eigenvalue weighted by atomic mass is 16.4. The van der Waals surface area contributed by atoms with Crippen LogP contribution in [0.4, 0.5) is 0 Å². The summed E-state index contributed by atoms with van der Waals surface area (Å²) in [6.45, 7) is 3.85. The molecular weight excluding hydrogens is 286 g/mol. The first-order valence-electron chi connectivity index (χ1n) is 8.04. The Morgan fingerprint density at radius 3 is 2.45 bits per heavy atom. The molecular formula is C15H25N3O4. The minimum absolute atomic E-state index is 0.0363. The number of piperidine rings is 1. The number of hydrogen-bond acceptors (Lipinski definition) is 4. The molecule has 0 radical (unpaired) electrons. The van der Waals surface area contributed by atoms with E-state index in [1.54, 1.807) is 16.7 Å². The summed E-state index contributed by atoms with van der Waals surface area (Å²) < 4.78 is 0. The molecule has 2 saturated heterocycles. The van der Waals surface area contributed by atoms with Crippen LogP contribution in [0.5, 0.6) is 0 Å². The van der Waals surface area contributed by atoms with Crippen LogP contribution < -0.4 is 5.32 Å². The van der Waals surface area contributed by atoms with Crippen LogP contribution in [0.1, 0.15) is 39.0 Å². The molecule has 22 heavy (non-hydrogen) atoms. The Balaban J connectivity index is 1.80. The van der Waals surface area contributed by atoms with E-state index in [4.69, 9.17) is 5.11 Å². The first-order valence-corrected chi connectivity index (χ1v) is 8.04. The van der Waals surface area contributed by atoms with E-state index in [0.717, 1.165) is 38.8 Å². The number of rotatable bonds is 5. The van der Waals surface area contributed by atoms with Gasteiger partial charge in [0.1, 0.15) is 12.1 Å². The van der Waals surface area contributed by atoms with Gasteiger partial charge in [-0.05, 0) is 45.6 Å². The molecule has 2 heterocycles. The zero-order chi connectivity index (χ0) is 16.1. The lowest BCUT2D eigenvalue weighted by molar-refractivity contribution is -0.143. The molecule has 2 rings (SSSR count). The Kier molecular flexibility index (Phi) is 5.76. The molecule has 1 unspecified atom stereocenters. The molecule has 0 aliphatic carbocycles. The predicted octanol–water partition coefficient (Wildman–Crippen LogP) is 0.0526. The summed E-state index contributed by atoms with van der Waals surface area (Å²) >= 11 is 0. The Hall–Kier alpha value is -1.63. The maximum Gasteiger partial charge on any atom is 0.320 e. The summed E-state index contributed by atoms with van der Waals surface area (Å²) in [6.07, 6.45) is 4.54. The Labute approximate surface area is 130 Å². The Bertz CT molecular complexity index is 435. The van der Waals surface area contributed by atoms with Gasteiger partial charge in [-0.1, -0.05) is 0 Å². The van der Waals surface area contributed by atoms with E-state index >= 15 is 0 Å². The van der Waals surface area contributed by atoms with Crippen molar-refractivity contribution in [3.05, 3.63) is 0 Å². The van der Waals surface area contributed by atoms with Gasteiger partial charge in [-0.15, -0.1) is 0 Å². The van der Waals surface area contributed by atoms with Crippen LogP contribution in [0.2, 0.25) is 0 Å². The minimum atomic E-state index is -0.886. The fourth-order valence-electron chi connectivity index (χ4n) is 3.22. The number of amides is 2. The van der Waals surface area contributed by atoms with Crippen molar-refractivity contribution in [3.63, 3.8) is 0 Å². The topological polar surface area (TPSA) is 90.0 Å². The second-order valence-corrected chi connectivity index (χ2v) is 6.14. The van der Waals surface area contributed by atoms with E-state index in [9.17, 15) is 14.4 Å². The number of likely N-dealkylation sites (tertiary alicyclic amines) is 2. The first-order chi connectivity index (χ1) is 10.5. The van der Waals surface area contributed by atoms with Crippen molar-refractivity contribution in [2.45, 2.75) is 51.1 Å². The number of nitrogens with zero attached hydrogens (tertiary/aromatic N) is 2. The van der Waals surface area contributed by atoms with Gasteiger partial charge in [0.2, 0.25) is 11.8 Å². The smallest absolute Gasteiger partial charge is 0.320 e. The van der Waals surface area contributed by atoms with Gasteiger partial charge in [0, 0.05) is 13.1 Å². The van der Waals surface area contributed by atoms with Crippen molar-refractivity contribution in [2.75, 3.05) is 26.2 Å². The Morgan fingerprint density at radius 1 is 1.14 bits per heavy atom. The summed E-state index contributed by atoms with van der Waals surface area (Å²) in [6, 6.07) is -1.14. The molecule has 2 aliphatic heterocycles. The number of carbonyl (C=O) groups excluding carboxylic acids is 2. The zero-order valence-electron chi connectivity index (χ0n) is 13.1. The molecule has 0 aromatic heterocycles. The third kappa shape index (κ3) is 4.19. The monoisotopic (exact) mass is 311 g/mol. The number of nitrogens with one attached hydrogen (secondary N) is 1. The quantitative estimate of drug-likeness (QED) is 0.749. The molecule has 124 valence electrons. The number of carboxylic acids is 1. The maximum absolute atomic E-state index is 12.2. The van der Waals surface area contributed by atoms with Crippen LogP contribution >= 0.6 is 0 Å². The number of carboxylic acid groups (broad SMARTS) is 1. The van der Waals surface area contributed by atoms with Crippen molar-refractivity contribution in [1.82, 2.24) is 15.1 Å². The largest absolute Gasteiger partial charge is 0.480 e. The SMILES string of the molecule is CC(NC(=O)CN1CCC[C@H]1C(=O)O)C(=O)N1CCCCC1. The second-order valence-electron chi connectivity index (χ2n) is 6.14. The number of aliphatic carboxylic acids is 1. The molecule has 2 fully saturated rings. The van der Waals surface area contributed by atoms with Gasteiger partial charge in [0.15, 0.2) is 0 Å². The van der Waals surface area contributed by atoms with Crippen LogP contribution in [0, 0.1) is 0 Å². The molecule has 2 aliphatic rings. The molecule has 0 bridgehead atoms. The van der Waals surface area contributed by atoms with E-state index in [0.29, 0.717) is 13.0 Å². The van der Waals surface area contributed by atoms with Gasteiger partial charge in [-0.25, -0.2) is 0 Å². The van der Waals surface area contributed by atoms with Crippen LogP contribution in [0.15, 0.2) is 0 Å². The van der Waals surface area contributed by atoms with Gasteiger partial charge in [-0.3, -0.25) is 19.3 Å². The molecule has 0 aromatic carbocycles. The summed E-state index contributed by atoms with van der Waals surface area (Å²) in [4.78, 5) is 38.8. The van der Waals surface area contributed by atoms with Crippen molar-refractivity contribution in [1.29, 1.82) is 0 Å². The number of carbonyl (C=O) groups is 3. The summed E-state index contributed by atoms with van der Waals surface area (Å²) in [5.74, 6) is -1.22. The normalized spacial score (nSPS) is 24.0. The lowest BCUT2D eigenvalue weighted by Crippen LogP contribution is -2.51. The van der Waals surface area contributed by atoms with Crippen LogP contribution in [0.3, 0.4) is 0 Å². The van der Waals surface area contributed by atoms with Crippen molar-refractivity contribution in [2.24, 2.45) is 0 Å². The van der Waals surface area contributed by atoms with Crippen LogP contribution in [-0.2, 0) is 14.4 Å². The van der Waals surface area contributed by atoms with Crippen molar-refractivity contribution < 1.29 is 19.5 Å². The summed E-state index contributed by atoms with van der Waals surface area (Å²) in [5, 5.41) is 11.8. The highest BCUT2D eigenvalue weighted by Gasteiger charge is 2.32. The molecule has 2 N–H and O–H groups in total. The molecule has 2 amide bonds. The van der Waals surface area contributed by atoms with E-state index in [1.807, 2.05) is 0 Å². The van der Waals surface area contributed by atoms with Crippen molar-refractivity contribution >= 4 is 17.8 Å². The third-order valence-electron chi connectivity index (χ3n) is 4.41. The lowest BCUT2D eigenvalue weighted by Gasteiger charge is -2.29. The fourth-order valence-corrected chi connectivity index (χ4v) is 3.22. The average molecular weight is 311 g/mol. The molecule has 7 heteroatoms. The highest BCUT2D eigenvalue weighted by molar-refractivity contribution is 5.88.